The van der Waals surface area contributed by atoms with E-state index in [0.717, 1.165) is 23.9 Å². The Morgan fingerprint density at radius 1 is 1.36 bits per heavy atom. The molecular weight excluding hydrogens is 404 g/mol. The third-order valence-corrected chi connectivity index (χ3v) is 4.52. The molecule has 1 aliphatic heterocycles. The molecule has 1 atom stereocenters. The molecule has 1 unspecified atom stereocenters. The van der Waals surface area contributed by atoms with E-state index >= 15 is 0 Å². The van der Waals surface area contributed by atoms with Crippen LogP contribution in [-0.4, -0.2) is 43.5 Å². The SMILES string of the molecule is CCC.CCNSc1ccc(Br)cc1.COC(=O)C1CCCN1C=O. The van der Waals surface area contributed by atoms with E-state index in [2.05, 4.69) is 58.3 Å². The number of halogens is 1. The Kier molecular flexibility index (Phi) is 14.6. The maximum atomic E-state index is 11.0. The number of carbonyl (C=O) groups excluding carboxylic acids is 2. The monoisotopic (exact) mass is 432 g/mol. The molecule has 0 saturated carbocycles. The van der Waals surface area contributed by atoms with Gasteiger partial charge in [0.05, 0.1) is 7.11 Å². The fourth-order valence-electron chi connectivity index (χ4n) is 1.96. The number of methoxy groups -OCH3 is 1. The number of ether oxygens (including phenoxy) is 1. The van der Waals surface area contributed by atoms with Crippen LogP contribution in [0.3, 0.4) is 0 Å². The van der Waals surface area contributed by atoms with Crippen LogP contribution in [0, 0.1) is 0 Å². The first-order valence-corrected chi connectivity index (χ1v) is 10.1. The van der Waals surface area contributed by atoms with Crippen molar-refractivity contribution in [3.8, 4) is 0 Å². The van der Waals surface area contributed by atoms with Gasteiger partial charge >= 0.3 is 5.97 Å². The van der Waals surface area contributed by atoms with E-state index in [1.165, 1.54) is 23.3 Å². The Morgan fingerprint density at radius 2 is 1.96 bits per heavy atom. The second-order valence-electron chi connectivity index (χ2n) is 5.29. The highest BCUT2D eigenvalue weighted by Gasteiger charge is 2.29. The predicted octanol–water partition coefficient (Wildman–Crippen LogP) is 4.26. The van der Waals surface area contributed by atoms with E-state index in [4.69, 9.17) is 0 Å². The van der Waals surface area contributed by atoms with E-state index in [1.807, 2.05) is 12.1 Å². The number of hydrogen-bond acceptors (Lipinski definition) is 5. The van der Waals surface area contributed by atoms with Crippen LogP contribution in [0.25, 0.3) is 0 Å². The zero-order valence-corrected chi connectivity index (χ0v) is 17.9. The lowest BCUT2D eigenvalue weighted by Crippen LogP contribution is -2.35. The number of amides is 1. The second kappa shape index (κ2) is 15.2. The van der Waals surface area contributed by atoms with Gasteiger partial charge < -0.3 is 9.64 Å². The summed E-state index contributed by atoms with van der Waals surface area (Å²) in [5.41, 5.74) is 0. The number of hydrogen-bond donors (Lipinski definition) is 1. The molecule has 5 nitrogen and oxygen atoms in total. The maximum Gasteiger partial charge on any atom is 0.328 e. The van der Waals surface area contributed by atoms with Crippen LogP contribution in [-0.2, 0) is 14.3 Å². The number of nitrogens with zero attached hydrogens (tertiary/aromatic N) is 1. The Balaban J connectivity index is 0.000000399. The first-order valence-electron chi connectivity index (χ1n) is 8.48. The molecule has 1 fully saturated rings. The van der Waals surface area contributed by atoms with Gasteiger partial charge in [0.1, 0.15) is 6.04 Å². The van der Waals surface area contributed by atoms with Crippen LogP contribution < -0.4 is 4.72 Å². The topological polar surface area (TPSA) is 58.6 Å². The third kappa shape index (κ3) is 10.5. The first-order chi connectivity index (χ1) is 12.0. The molecule has 0 radical (unpaired) electrons. The smallest absolute Gasteiger partial charge is 0.328 e. The summed E-state index contributed by atoms with van der Waals surface area (Å²) in [6, 6.07) is 7.91. The van der Waals surface area contributed by atoms with Crippen LogP contribution in [0.2, 0.25) is 0 Å². The molecule has 0 aromatic heterocycles. The van der Waals surface area contributed by atoms with Gasteiger partial charge in [-0.2, -0.15) is 0 Å². The van der Waals surface area contributed by atoms with Crippen molar-refractivity contribution >= 4 is 40.3 Å². The van der Waals surface area contributed by atoms with Crippen molar-refractivity contribution in [1.29, 1.82) is 0 Å². The normalized spacial score (nSPS) is 15.4. The minimum absolute atomic E-state index is 0.311. The van der Waals surface area contributed by atoms with E-state index in [1.54, 1.807) is 11.9 Å². The minimum atomic E-state index is -0.336. The van der Waals surface area contributed by atoms with Gasteiger partial charge in [-0.15, -0.1) is 0 Å². The molecule has 25 heavy (non-hydrogen) atoms. The summed E-state index contributed by atoms with van der Waals surface area (Å²) in [7, 11) is 1.34. The maximum absolute atomic E-state index is 11.0. The zero-order valence-electron chi connectivity index (χ0n) is 15.5. The van der Waals surface area contributed by atoms with Crippen LogP contribution in [0.5, 0.6) is 0 Å². The lowest BCUT2D eigenvalue weighted by atomic mass is 10.2. The average molecular weight is 433 g/mol. The standard InChI is InChI=1S/C8H10BrNS.C7H11NO3.C3H8/c1-2-10-11-8-5-3-7(9)4-6-8;1-11-7(10)6-3-2-4-8(6)5-9;1-3-2/h3-6,10H,2H2,1H3;5-6H,2-4H2,1H3;3H2,1-2H3. The van der Waals surface area contributed by atoms with E-state index < -0.39 is 0 Å². The second-order valence-corrected chi connectivity index (χ2v) is 7.17. The molecular formula is C18H29BrN2O3S. The summed E-state index contributed by atoms with van der Waals surface area (Å²) in [6.45, 7) is 8.00. The number of carbonyl (C=O) groups is 2. The summed E-state index contributed by atoms with van der Waals surface area (Å²) < 4.78 is 8.84. The molecule has 1 saturated heterocycles. The Morgan fingerprint density at radius 3 is 2.44 bits per heavy atom. The number of esters is 1. The summed E-state index contributed by atoms with van der Waals surface area (Å²) in [4.78, 5) is 24.0. The number of benzene rings is 1. The van der Waals surface area contributed by atoms with E-state index in [0.29, 0.717) is 13.0 Å². The van der Waals surface area contributed by atoms with Crippen molar-refractivity contribution in [2.75, 3.05) is 20.2 Å². The third-order valence-electron chi connectivity index (χ3n) is 3.05. The molecule has 1 amide bonds. The molecule has 1 aromatic carbocycles. The van der Waals surface area contributed by atoms with Crippen molar-refractivity contribution in [3.05, 3.63) is 28.7 Å². The minimum Gasteiger partial charge on any atom is -0.467 e. The molecule has 1 heterocycles. The lowest BCUT2D eigenvalue weighted by molar-refractivity contribution is -0.148. The number of likely N-dealkylation sites (tertiary alicyclic amines) is 1. The number of nitrogens with one attached hydrogen (secondary N) is 1. The van der Waals surface area contributed by atoms with Gasteiger partial charge in [-0.1, -0.05) is 43.1 Å². The highest BCUT2D eigenvalue weighted by molar-refractivity contribution is 9.10. The van der Waals surface area contributed by atoms with Crippen molar-refractivity contribution in [2.45, 2.75) is 51.0 Å². The van der Waals surface area contributed by atoms with Crippen molar-refractivity contribution in [1.82, 2.24) is 9.62 Å². The lowest BCUT2D eigenvalue weighted by Gasteiger charge is -2.16. The molecule has 0 aliphatic carbocycles. The Hall–Kier alpha value is -1.05. The van der Waals surface area contributed by atoms with Gasteiger partial charge in [0.15, 0.2) is 0 Å². The summed E-state index contributed by atoms with van der Waals surface area (Å²) in [5, 5.41) is 0. The largest absolute Gasteiger partial charge is 0.467 e. The average Bonchev–Trinajstić information content (AvgIpc) is 3.10. The molecule has 1 aliphatic rings. The van der Waals surface area contributed by atoms with Crippen molar-refractivity contribution < 1.29 is 14.3 Å². The Bertz CT molecular complexity index is 486. The highest BCUT2D eigenvalue weighted by Crippen LogP contribution is 2.17. The van der Waals surface area contributed by atoms with Crippen molar-refractivity contribution in [2.24, 2.45) is 0 Å². The predicted molar refractivity (Wildman–Crippen MR) is 107 cm³/mol. The summed E-state index contributed by atoms with van der Waals surface area (Å²) in [5.74, 6) is -0.311. The Labute approximate surface area is 164 Å². The quantitative estimate of drug-likeness (QED) is 0.427. The van der Waals surface area contributed by atoms with E-state index in [-0.39, 0.29) is 12.0 Å². The molecule has 7 heteroatoms. The van der Waals surface area contributed by atoms with Crippen LogP contribution >= 0.6 is 27.9 Å². The zero-order chi connectivity index (χ0) is 19.1. The van der Waals surface area contributed by atoms with Gasteiger partial charge in [-0.25, -0.2) is 4.79 Å². The highest BCUT2D eigenvalue weighted by atomic mass is 79.9. The number of rotatable bonds is 5. The fourth-order valence-corrected chi connectivity index (χ4v) is 2.81. The van der Waals surface area contributed by atoms with Gasteiger partial charge in [-0.05, 0) is 49.1 Å². The molecule has 0 bridgehead atoms. The molecule has 142 valence electrons. The van der Waals surface area contributed by atoms with Gasteiger partial charge in [0.25, 0.3) is 0 Å². The molecule has 1 aromatic rings. The molecule has 0 spiro atoms. The van der Waals surface area contributed by atoms with Gasteiger partial charge in [0.2, 0.25) is 6.41 Å². The van der Waals surface area contributed by atoms with Crippen molar-refractivity contribution in [3.63, 3.8) is 0 Å². The van der Waals surface area contributed by atoms with Crippen LogP contribution in [0.4, 0.5) is 0 Å². The van der Waals surface area contributed by atoms with Gasteiger partial charge in [-0.3, -0.25) is 9.52 Å². The fraction of sp³-hybridized carbons (Fsp3) is 0.556. The molecule has 2 rings (SSSR count). The van der Waals surface area contributed by atoms with Gasteiger partial charge in [0, 0.05) is 22.5 Å². The molecule has 1 N–H and O–H groups in total. The summed E-state index contributed by atoms with van der Waals surface area (Å²) >= 11 is 5.04. The summed E-state index contributed by atoms with van der Waals surface area (Å²) in [6.07, 6.45) is 3.57. The van der Waals surface area contributed by atoms with Crippen LogP contribution in [0.15, 0.2) is 33.6 Å². The first kappa shape index (κ1) is 23.9. The van der Waals surface area contributed by atoms with E-state index in [9.17, 15) is 9.59 Å². The van der Waals surface area contributed by atoms with Crippen LogP contribution in [0.1, 0.15) is 40.0 Å².